The van der Waals surface area contributed by atoms with Gasteiger partial charge in [-0.05, 0) is 31.1 Å². The van der Waals surface area contributed by atoms with Gasteiger partial charge >= 0.3 is 0 Å². The molecule has 1 saturated heterocycles. The predicted octanol–water partition coefficient (Wildman–Crippen LogP) is 1.93. The van der Waals surface area contributed by atoms with Crippen molar-refractivity contribution in [2.75, 3.05) is 13.1 Å². The third-order valence-corrected chi connectivity index (χ3v) is 5.09. The molecule has 106 valence electrons. The van der Waals surface area contributed by atoms with Crippen LogP contribution in [0.1, 0.15) is 44.2 Å². The molecule has 0 aromatic carbocycles. The van der Waals surface area contributed by atoms with Gasteiger partial charge in [0.2, 0.25) is 0 Å². The lowest BCUT2D eigenvalue weighted by atomic mass is 9.99. The van der Waals surface area contributed by atoms with Crippen molar-refractivity contribution in [3.8, 4) is 0 Å². The second kappa shape index (κ2) is 5.25. The van der Waals surface area contributed by atoms with Crippen molar-refractivity contribution in [2.45, 2.75) is 44.7 Å². The molecule has 1 saturated carbocycles. The van der Waals surface area contributed by atoms with E-state index in [9.17, 15) is 0 Å². The molecule has 19 heavy (non-hydrogen) atoms. The van der Waals surface area contributed by atoms with Gasteiger partial charge in [-0.3, -0.25) is 9.58 Å². The Morgan fingerprint density at radius 3 is 2.58 bits per heavy atom. The third-order valence-electron chi connectivity index (χ3n) is 5.09. The van der Waals surface area contributed by atoms with Crippen LogP contribution in [0.2, 0.25) is 0 Å². The predicted molar refractivity (Wildman–Crippen MR) is 76.6 cm³/mol. The molecule has 0 bridgehead atoms. The highest BCUT2D eigenvalue weighted by Gasteiger charge is 2.40. The number of aryl methyl sites for hydroxylation is 1. The van der Waals surface area contributed by atoms with Crippen LogP contribution in [0.15, 0.2) is 12.4 Å². The summed E-state index contributed by atoms with van der Waals surface area (Å²) in [6, 6.07) is 0.562. The van der Waals surface area contributed by atoms with E-state index in [1.165, 1.54) is 37.9 Å². The number of aromatic nitrogens is 2. The van der Waals surface area contributed by atoms with Gasteiger partial charge in [0, 0.05) is 37.9 Å². The number of fused-ring (bicyclic) bond motifs is 1. The Hall–Kier alpha value is -0.870. The summed E-state index contributed by atoms with van der Waals surface area (Å²) in [5.74, 6) is 1.84. The lowest BCUT2D eigenvalue weighted by Crippen LogP contribution is -2.40. The third kappa shape index (κ3) is 2.43. The van der Waals surface area contributed by atoms with E-state index in [4.69, 9.17) is 5.73 Å². The molecule has 0 spiro atoms. The topological polar surface area (TPSA) is 47.1 Å². The SMILES string of the molecule is CCC(N)C(c1cnn(C)c1)N1CC2CCCC2C1. The summed E-state index contributed by atoms with van der Waals surface area (Å²) in [4.78, 5) is 2.62. The first-order valence-electron chi connectivity index (χ1n) is 7.67. The van der Waals surface area contributed by atoms with Crippen LogP contribution >= 0.6 is 0 Å². The lowest BCUT2D eigenvalue weighted by molar-refractivity contribution is 0.194. The van der Waals surface area contributed by atoms with Gasteiger partial charge in [-0.2, -0.15) is 5.10 Å². The molecule has 1 aliphatic heterocycles. The van der Waals surface area contributed by atoms with Gasteiger partial charge in [0.05, 0.1) is 12.2 Å². The Balaban J connectivity index is 1.80. The Morgan fingerprint density at radius 2 is 2.05 bits per heavy atom. The normalized spacial score (nSPS) is 30.5. The molecular weight excluding hydrogens is 236 g/mol. The van der Waals surface area contributed by atoms with Crippen molar-refractivity contribution < 1.29 is 0 Å². The fourth-order valence-corrected chi connectivity index (χ4v) is 4.04. The molecule has 1 aromatic rings. The van der Waals surface area contributed by atoms with Crippen molar-refractivity contribution in [3.05, 3.63) is 18.0 Å². The maximum atomic E-state index is 6.41. The number of likely N-dealkylation sites (tertiary alicyclic amines) is 1. The van der Waals surface area contributed by atoms with Crippen LogP contribution in [-0.2, 0) is 7.05 Å². The van der Waals surface area contributed by atoms with Gasteiger partial charge in [0.25, 0.3) is 0 Å². The summed E-state index contributed by atoms with van der Waals surface area (Å²) < 4.78 is 1.89. The molecule has 0 amide bonds. The summed E-state index contributed by atoms with van der Waals surface area (Å²) in [6.45, 7) is 4.65. The smallest absolute Gasteiger partial charge is 0.0538 e. The van der Waals surface area contributed by atoms with Crippen molar-refractivity contribution in [2.24, 2.45) is 24.6 Å². The van der Waals surface area contributed by atoms with Crippen LogP contribution in [0.25, 0.3) is 0 Å². The van der Waals surface area contributed by atoms with Crippen LogP contribution in [0, 0.1) is 11.8 Å². The van der Waals surface area contributed by atoms with E-state index >= 15 is 0 Å². The average Bonchev–Trinajstić information content (AvgIpc) is 3.05. The van der Waals surface area contributed by atoms with Crippen molar-refractivity contribution in [1.29, 1.82) is 0 Å². The minimum Gasteiger partial charge on any atom is -0.326 e. The number of nitrogens with two attached hydrogens (primary N) is 1. The van der Waals surface area contributed by atoms with E-state index in [1.807, 2.05) is 17.9 Å². The standard InChI is InChI=1S/C15H26N4/c1-3-14(16)15(13-7-17-18(2)8-13)19-9-11-5-4-6-12(11)10-19/h7-8,11-12,14-15H,3-6,9-10,16H2,1-2H3. The van der Waals surface area contributed by atoms with Crippen LogP contribution in [-0.4, -0.2) is 33.8 Å². The summed E-state index contributed by atoms with van der Waals surface area (Å²) in [7, 11) is 1.98. The minimum absolute atomic E-state index is 0.211. The van der Waals surface area contributed by atoms with Crippen molar-refractivity contribution in [1.82, 2.24) is 14.7 Å². The fraction of sp³-hybridized carbons (Fsp3) is 0.800. The zero-order chi connectivity index (χ0) is 13.4. The molecule has 2 heterocycles. The Morgan fingerprint density at radius 1 is 1.37 bits per heavy atom. The quantitative estimate of drug-likeness (QED) is 0.902. The minimum atomic E-state index is 0.211. The monoisotopic (exact) mass is 262 g/mol. The van der Waals surface area contributed by atoms with E-state index in [1.54, 1.807) is 0 Å². The fourth-order valence-electron chi connectivity index (χ4n) is 4.04. The number of nitrogens with zero attached hydrogens (tertiary/aromatic N) is 3. The van der Waals surface area contributed by atoms with Crippen LogP contribution < -0.4 is 5.73 Å². The second-order valence-corrected chi connectivity index (χ2v) is 6.37. The van der Waals surface area contributed by atoms with Crippen molar-refractivity contribution in [3.63, 3.8) is 0 Å². The molecule has 2 N–H and O–H groups in total. The van der Waals surface area contributed by atoms with Gasteiger partial charge < -0.3 is 5.73 Å². The molecule has 4 heteroatoms. The highest BCUT2D eigenvalue weighted by molar-refractivity contribution is 5.14. The molecule has 2 aliphatic rings. The molecule has 3 rings (SSSR count). The first-order chi connectivity index (χ1) is 9.19. The lowest BCUT2D eigenvalue weighted by Gasteiger charge is -2.32. The van der Waals surface area contributed by atoms with E-state index in [-0.39, 0.29) is 6.04 Å². The zero-order valence-electron chi connectivity index (χ0n) is 12.1. The highest BCUT2D eigenvalue weighted by atomic mass is 15.3. The highest BCUT2D eigenvalue weighted by Crippen LogP contribution is 2.41. The van der Waals surface area contributed by atoms with E-state index in [2.05, 4.69) is 23.1 Å². The molecule has 1 aromatic heterocycles. The molecular formula is C15H26N4. The van der Waals surface area contributed by atoms with Crippen LogP contribution in [0.4, 0.5) is 0 Å². The molecule has 2 fully saturated rings. The molecule has 0 radical (unpaired) electrons. The Labute approximate surface area is 116 Å². The summed E-state index contributed by atoms with van der Waals surface area (Å²) >= 11 is 0. The van der Waals surface area contributed by atoms with Gasteiger partial charge in [-0.15, -0.1) is 0 Å². The largest absolute Gasteiger partial charge is 0.326 e. The first-order valence-corrected chi connectivity index (χ1v) is 7.67. The van der Waals surface area contributed by atoms with Crippen molar-refractivity contribution >= 4 is 0 Å². The van der Waals surface area contributed by atoms with E-state index in [0.717, 1.165) is 18.3 Å². The van der Waals surface area contributed by atoms with Gasteiger partial charge in [-0.25, -0.2) is 0 Å². The Kier molecular flexibility index (Phi) is 3.63. The molecule has 4 unspecified atom stereocenters. The maximum Gasteiger partial charge on any atom is 0.0538 e. The van der Waals surface area contributed by atoms with Crippen LogP contribution in [0.5, 0.6) is 0 Å². The maximum absolute atomic E-state index is 6.41. The molecule has 1 aliphatic carbocycles. The number of hydrogen-bond donors (Lipinski definition) is 1. The first kappa shape index (κ1) is 13.1. The van der Waals surface area contributed by atoms with Gasteiger partial charge in [0.15, 0.2) is 0 Å². The Bertz CT molecular complexity index is 416. The second-order valence-electron chi connectivity index (χ2n) is 6.37. The van der Waals surface area contributed by atoms with E-state index < -0.39 is 0 Å². The number of hydrogen-bond acceptors (Lipinski definition) is 3. The number of rotatable bonds is 4. The van der Waals surface area contributed by atoms with E-state index in [0.29, 0.717) is 6.04 Å². The summed E-state index contributed by atoms with van der Waals surface area (Å²) in [5, 5.41) is 4.33. The summed E-state index contributed by atoms with van der Waals surface area (Å²) in [6.07, 6.45) is 9.42. The molecule has 4 atom stereocenters. The zero-order valence-corrected chi connectivity index (χ0v) is 12.1. The average molecular weight is 262 g/mol. The van der Waals surface area contributed by atoms with Gasteiger partial charge in [-0.1, -0.05) is 13.3 Å². The molecule has 4 nitrogen and oxygen atoms in total. The summed E-state index contributed by atoms with van der Waals surface area (Å²) in [5.41, 5.74) is 7.70. The van der Waals surface area contributed by atoms with Gasteiger partial charge in [0.1, 0.15) is 0 Å². The van der Waals surface area contributed by atoms with Crippen LogP contribution in [0.3, 0.4) is 0 Å².